The van der Waals surface area contributed by atoms with Crippen LogP contribution < -0.4 is 4.74 Å². The van der Waals surface area contributed by atoms with Crippen molar-refractivity contribution in [1.29, 1.82) is 0 Å². The van der Waals surface area contributed by atoms with Gasteiger partial charge in [-0.2, -0.15) is 0 Å². The Morgan fingerprint density at radius 3 is 2.56 bits per heavy atom. The number of aliphatic hydroxyl groups excluding tert-OH is 1. The minimum Gasteiger partial charge on any atom is -0.491 e. The molecule has 0 aromatic heterocycles. The molecule has 1 aromatic carbocycles. The first-order valence-electron chi connectivity index (χ1n) is 8.52. The van der Waals surface area contributed by atoms with E-state index in [0.717, 1.165) is 10.5 Å². The highest BCUT2D eigenvalue weighted by molar-refractivity contribution is 8.13. The van der Waals surface area contributed by atoms with Crippen molar-refractivity contribution in [2.45, 2.75) is 19.1 Å². The second kappa shape index (κ2) is 7.69. The predicted octanol–water partition coefficient (Wildman–Crippen LogP) is 0.771. The molecule has 1 saturated heterocycles. The quantitative estimate of drug-likeness (QED) is 0.750. The number of urea groups is 1. The summed E-state index contributed by atoms with van der Waals surface area (Å²) in [4.78, 5) is 31.7. The van der Waals surface area contributed by atoms with E-state index in [2.05, 4.69) is 4.99 Å². The minimum atomic E-state index is -0.830. The monoisotopic (exact) mass is 391 g/mol. The van der Waals surface area contributed by atoms with Gasteiger partial charge in [0.05, 0.1) is 0 Å². The van der Waals surface area contributed by atoms with E-state index in [-0.39, 0.29) is 19.1 Å². The fraction of sp³-hybridized carbons (Fsp3) is 0.444. The number of β-amino-alcohol motifs (C(OH)–C–C–N with tert-alkyl or cyclic N) is 1. The van der Waals surface area contributed by atoms with Crippen molar-refractivity contribution in [2.75, 3.05) is 33.5 Å². The van der Waals surface area contributed by atoms with Crippen molar-refractivity contribution in [3.63, 3.8) is 0 Å². The number of carbonyl (C=O) groups excluding carboxylic acids is 2. The van der Waals surface area contributed by atoms with Crippen molar-refractivity contribution in [2.24, 2.45) is 4.99 Å². The van der Waals surface area contributed by atoms with Gasteiger partial charge in [-0.1, -0.05) is 17.7 Å². The molecule has 144 valence electrons. The summed E-state index contributed by atoms with van der Waals surface area (Å²) in [6.45, 7) is 2.24. The maximum Gasteiger partial charge on any atom is 0.357 e. The molecule has 0 spiro atoms. The Bertz CT molecular complexity index is 821. The maximum absolute atomic E-state index is 12.6. The molecular formula is C18H23N4O4S+. The van der Waals surface area contributed by atoms with Crippen LogP contribution >= 0.6 is 11.8 Å². The van der Waals surface area contributed by atoms with E-state index in [1.54, 1.807) is 11.6 Å². The molecular weight excluding hydrogens is 368 g/mol. The standard InChI is InChI=1S/C18H23N4O4S/c1-11-5-7-13(8-6-11)26-10-12(23)9-22-14-15(19-17(22)27-4)20(2)18(25)21(3)16(14)24/h5-8,12,14,23H,9-10H2,1-4H3/q+1. The van der Waals surface area contributed by atoms with Gasteiger partial charge in [0.2, 0.25) is 0 Å². The molecule has 8 nitrogen and oxygen atoms in total. The SMILES string of the molecule is CSC1=[N+](CC(O)COc2ccc(C)cc2)C2C(=O)N(C)C(=O)N(C)C2=N1. The smallest absolute Gasteiger partial charge is 0.357 e. The van der Waals surface area contributed by atoms with Crippen LogP contribution in [0.25, 0.3) is 0 Å². The largest absolute Gasteiger partial charge is 0.491 e. The molecule has 2 unspecified atom stereocenters. The molecule has 0 bridgehead atoms. The van der Waals surface area contributed by atoms with Crippen LogP contribution in [0.15, 0.2) is 29.3 Å². The van der Waals surface area contributed by atoms with Crippen LogP contribution in [0.5, 0.6) is 5.75 Å². The number of hydrogen-bond acceptors (Lipinski definition) is 6. The van der Waals surface area contributed by atoms with Crippen LogP contribution in [-0.2, 0) is 4.79 Å². The molecule has 9 heteroatoms. The minimum absolute atomic E-state index is 0.0854. The van der Waals surface area contributed by atoms with E-state index in [1.807, 2.05) is 37.4 Å². The summed E-state index contributed by atoms with van der Waals surface area (Å²) in [5.74, 6) is 0.706. The van der Waals surface area contributed by atoms with Gasteiger partial charge in [-0.15, -0.1) is 0 Å². The number of imide groups is 1. The molecule has 27 heavy (non-hydrogen) atoms. The fourth-order valence-corrected chi connectivity index (χ4v) is 3.63. The molecule has 1 aromatic rings. The lowest BCUT2D eigenvalue weighted by atomic mass is 10.1. The summed E-state index contributed by atoms with van der Waals surface area (Å²) in [5.41, 5.74) is 1.13. The first kappa shape index (κ1) is 19.4. The highest BCUT2D eigenvalue weighted by Crippen LogP contribution is 2.22. The first-order chi connectivity index (χ1) is 12.8. The number of aliphatic imine (C=N–C) groups is 1. The van der Waals surface area contributed by atoms with E-state index >= 15 is 0 Å². The average Bonchev–Trinajstić information content (AvgIpc) is 3.02. The van der Waals surface area contributed by atoms with Crippen molar-refractivity contribution in [3.05, 3.63) is 29.8 Å². The normalized spacial score (nSPS) is 20.8. The number of hydrogen-bond donors (Lipinski definition) is 1. The number of rotatable bonds is 5. The zero-order valence-corrected chi connectivity index (χ0v) is 16.6. The molecule has 1 N–H and O–H groups in total. The lowest BCUT2D eigenvalue weighted by Gasteiger charge is -2.31. The van der Waals surface area contributed by atoms with E-state index in [0.29, 0.717) is 16.8 Å². The van der Waals surface area contributed by atoms with Gasteiger partial charge < -0.3 is 9.84 Å². The molecule has 2 aliphatic heterocycles. The van der Waals surface area contributed by atoms with Crippen molar-refractivity contribution in [3.8, 4) is 5.75 Å². The Hall–Kier alpha value is -2.39. The predicted molar refractivity (Wildman–Crippen MR) is 103 cm³/mol. The van der Waals surface area contributed by atoms with Gasteiger partial charge in [-0.05, 0) is 42.1 Å². The van der Waals surface area contributed by atoms with E-state index in [4.69, 9.17) is 4.74 Å². The third-order valence-electron chi connectivity index (χ3n) is 4.55. The van der Waals surface area contributed by atoms with E-state index in [9.17, 15) is 14.7 Å². The van der Waals surface area contributed by atoms with Crippen LogP contribution in [-0.4, -0.2) is 88.1 Å². The summed E-state index contributed by atoms with van der Waals surface area (Å²) in [7, 11) is 3.04. The zero-order chi connectivity index (χ0) is 19.7. The van der Waals surface area contributed by atoms with Gasteiger partial charge >= 0.3 is 11.2 Å². The molecule has 3 rings (SSSR count). The zero-order valence-electron chi connectivity index (χ0n) is 15.7. The third-order valence-corrected chi connectivity index (χ3v) is 5.24. The lowest BCUT2D eigenvalue weighted by Crippen LogP contribution is -2.62. The van der Waals surface area contributed by atoms with Gasteiger partial charge in [0.1, 0.15) is 25.0 Å². The van der Waals surface area contributed by atoms with E-state index in [1.165, 1.54) is 23.7 Å². The second-order valence-electron chi connectivity index (χ2n) is 6.53. The summed E-state index contributed by atoms with van der Waals surface area (Å²) in [5, 5.41) is 11.0. The van der Waals surface area contributed by atoms with Gasteiger partial charge in [0.15, 0.2) is 0 Å². The molecule has 2 atom stereocenters. The highest BCUT2D eigenvalue weighted by atomic mass is 32.2. The molecule has 3 amide bonds. The molecule has 2 aliphatic rings. The molecule has 0 radical (unpaired) electrons. The number of thioether (sulfide) groups is 1. The van der Waals surface area contributed by atoms with Crippen molar-refractivity contribution in [1.82, 2.24) is 9.80 Å². The topological polar surface area (TPSA) is 85.4 Å². The van der Waals surface area contributed by atoms with Gasteiger partial charge in [-0.25, -0.2) is 9.37 Å². The summed E-state index contributed by atoms with van der Waals surface area (Å²) < 4.78 is 7.36. The molecule has 0 saturated carbocycles. The number of aryl methyl sites for hydroxylation is 1. The number of aliphatic hydroxyl groups is 1. The lowest BCUT2D eigenvalue weighted by molar-refractivity contribution is -0.541. The van der Waals surface area contributed by atoms with Crippen LogP contribution in [0.4, 0.5) is 4.79 Å². The number of fused-ring (bicyclic) bond motifs is 1. The van der Waals surface area contributed by atoms with Crippen LogP contribution in [0.2, 0.25) is 0 Å². The van der Waals surface area contributed by atoms with Gasteiger partial charge in [-0.3, -0.25) is 14.6 Å². The molecule has 0 aliphatic carbocycles. The van der Waals surface area contributed by atoms with Crippen molar-refractivity contribution < 1.29 is 24.0 Å². The number of benzene rings is 1. The van der Waals surface area contributed by atoms with Crippen LogP contribution in [0, 0.1) is 6.92 Å². The maximum atomic E-state index is 12.6. The number of ether oxygens (including phenoxy) is 1. The number of likely N-dealkylation sites (N-methyl/N-ethyl adjacent to an activating group) is 2. The van der Waals surface area contributed by atoms with Crippen LogP contribution in [0.1, 0.15) is 5.56 Å². The van der Waals surface area contributed by atoms with Crippen LogP contribution in [0.3, 0.4) is 0 Å². The van der Waals surface area contributed by atoms with E-state index < -0.39 is 18.2 Å². The Labute approximate surface area is 162 Å². The molecule has 1 fully saturated rings. The third kappa shape index (κ3) is 3.70. The average molecular weight is 391 g/mol. The Balaban J connectivity index is 1.72. The summed E-state index contributed by atoms with van der Waals surface area (Å²) in [6, 6.07) is 6.43. The highest BCUT2D eigenvalue weighted by Gasteiger charge is 2.53. The number of nitrogens with zero attached hydrogens (tertiary/aromatic N) is 4. The van der Waals surface area contributed by atoms with Crippen molar-refractivity contribution >= 4 is 34.7 Å². The van der Waals surface area contributed by atoms with Gasteiger partial charge in [0.25, 0.3) is 17.8 Å². The Morgan fingerprint density at radius 2 is 1.93 bits per heavy atom. The number of amides is 3. The van der Waals surface area contributed by atoms with Gasteiger partial charge in [0, 0.05) is 14.1 Å². The fourth-order valence-electron chi connectivity index (χ4n) is 3.03. The summed E-state index contributed by atoms with van der Waals surface area (Å²) >= 11 is 1.37. The number of amidine groups is 2. The Morgan fingerprint density at radius 1 is 1.26 bits per heavy atom. The molecule has 2 heterocycles. The second-order valence-corrected chi connectivity index (χ2v) is 7.30. The summed E-state index contributed by atoms with van der Waals surface area (Å²) in [6.07, 6.45) is 1.01. The number of carbonyl (C=O) groups is 2. The Kier molecular flexibility index (Phi) is 5.52. The first-order valence-corrected chi connectivity index (χ1v) is 9.75.